The molecule has 1 saturated carbocycles. The van der Waals surface area contributed by atoms with Crippen LogP contribution in [0.1, 0.15) is 49.8 Å². The number of likely N-dealkylation sites (N-methyl/N-ethyl adjacent to an activating group) is 2. The third-order valence-corrected chi connectivity index (χ3v) is 8.70. The Morgan fingerprint density at radius 2 is 1.76 bits per heavy atom. The maximum Gasteiger partial charge on any atom is 0.410 e. The van der Waals surface area contributed by atoms with E-state index in [0.717, 1.165) is 37.7 Å². The van der Waals surface area contributed by atoms with Crippen LogP contribution in [0.25, 0.3) is 0 Å². The Kier molecular flexibility index (Phi) is 14.8. The summed E-state index contributed by atoms with van der Waals surface area (Å²) < 4.78 is 5.71. The first kappa shape index (κ1) is 36.0. The van der Waals surface area contributed by atoms with Gasteiger partial charge in [-0.25, -0.2) is 9.78 Å². The first-order valence-corrected chi connectivity index (χ1v) is 16.4. The second kappa shape index (κ2) is 18.5. The molecule has 45 heavy (non-hydrogen) atoms. The van der Waals surface area contributed by atoms with Gasteiger partial charge >= 0.3 is 6.09 Å². The minimum absolute atomic E-state index is 0.0692. The molecule has 3 amide bonds. The first-order chi connectivity index (χ1) is 21.6. The maximum absolute atomic E-state index is 13.8. The van der Waals surface area contributed by atoms with Gasteiger partial charge in [-0.15, -0.1) is 17.8 Å². The molecule has 0 bridgehead atoms. The number of carbonyl (C=O) groups excluding carboxylic acids is 3. The van der Waals surface area contributed by atoms with Gasteiger partial charge in [-0.3, -0.25) is 9.59 Å². The van der Waals surface area contributed by atoms with E-state index in [1.165, 1.54) is 16.2 Å². The number of aromatic nitrogens is 1. The molecule has 2 aromatic rings. The summed E-state index contributed by atoms with van der Waals surface area (Å²) >= 11 is 1.36. The summed E-state index contributed by atoms with van der Waals surface area (Å²) in [6, 6.07) is 7.24. The molecule has 1 aromatic carbocycles. The molecule has 1 fully saturated rings. The molecule has 12 heteroatoms. The van der Waals surface area contributed by atoms with Crippen LogP contribution < -0.4 is 10.6 Å². The van der Waals surface area contributed by atoms with Crippen molar-refractivity contribution >= 4 is 29.2 Å². The van der Waals surface area contributed by atoms with E-state index in [-0.39, 0.29) is 18.8 Å². The normalized spacial score (nSPS) is 16.9. The van der Waals surface area contributed by atoms with Crippen LogP contribution in [0.15, 0.2) is 41.2 Å². The van der Waals surface area contributed by atoms with Crippen LogP contribution in [-0.2, 0) is 27.2 Å². The minimum Gasteiger partial charge on any atom is -0.436 e. The number of terminal acetylenes is 1. The number of benzene rings is 1. The van der Waals surface area contributed by atoms with E-state index in [4.69, 9.17) is 11.2 Å². The molecule has 4 N–H and O–H groups in total. The van der Waals surface area contributed by atoms with Crippen LogP contribution in [-0.4, -0.2) is 108 Å². The number of rotatable bonds is 16. The average molecular weight is 642 g/mol. The molecule has 0 saturated heterocycles. The quantitative estimate of drug-likeness (QED) is 0.204. The number of nitrogens with one attached hydrogen (secondary N) is 2. The number of thiazole rings is 1. The number of amides is 3. The fourth-order valence-electron chi connectivity index (χ4n) is 5.36. The number of aliphatic hydroxyl groups is 2. The Morgan fingerprint density at radius 3 is 2.38 bits per heavy atom. The number of carbonyl (C=O) groups is 3. The molecular formula is C33H47N5O6S. The van der Waals surface area contributed by atoms with Crippen LogP contribution in [0.5, 0.6) is 0 Å². The zero-order valence-electron chi connectivity index (χ0n) is 26.4. The highest BCUT2D eigenvalue weighted by Crippen LogP contribution is 2.28. The highest BCUT2D eigenvalue weighted by Gasteiger charge is 2.34. The molecule has 0 radical (unpaired) electrons. The smallest absolute Gasteiger partial charge is 0.410 e. The summed E-state index contributed by atoms with van der Waals surface area (Å²) in [7, 11) is 5.39. The van der Waals surface area contributed by atoms with Crippen LogP contribution in [0.2, 0.25) is 0 Å². The second-order valence-corrected chi connectivity index (χ2v) is 12.7. The molecule has 0 unspecified atom stereocenters. The van der Waals surface area contributed by atoms with Gasteiger partial charge in [0.2, 0.25) is 5.91 Å². The van der Waals surface area contributed by atoms with E-state index in [1.807, 2.05) is 49.3 Å². The van der Waals surface area contributed by atoms with Crippen LogP contribution >= 0.6 is 11.3 Å². The first-order valence-electron chi connectivity index (χ1n) is 15.5. The van der Waals surface area contributed by atoms with E-state index in [1.54, 1.807) is 17.9 Å². The maximum atomic E-state index is 13.8. The van der Waals surface area contributed by atoms with E-state index >= 15 is 0 Å². The zero-order chi connectivity index (χ0) is 32.8. The molecule has 5 atom stereocenters. The summed E-state index contributed by atoms with van der Waals surface area (Å²) in [5.41, 5.74) is 3.00. The fourth-order valence-corrected chi connectivity index (χ4v) is 5.93. The monoisotopic (exact) mass is 641 g/mol. The van der Waals surface area contributed by atoms with E-state index in [9.17, 15) is 24.6 Å². The van der Waals surface area contributed by atoms with E-state index in [2.05, 4.69) is 21.5 Å². The average Bonchev–Trinajstić information content (AvgIpc) is 3.56. The van der Waals surface area contributed by atoms with Crippen molar-refractivity contribution in [1.82, 2.24) is 25.4 Å². The number of aliphatic hydroxyl groups excluding tert-OH is 2. The molecule has 1 heterocycles. The van der Waals surface area contributed by atoms with Gasteiger partial charge in [0.05, 0.1) is 17.2 Å². The standard InChI is InChI=1S/C33H47N5O6S/c1-5-28(39)30(40)26(18-23-12-8-6-9-13-23)35-31(41)27(20-25-21-45-22-34-25)36-32(42)29(19-24-14-10-7-11-15-24)44-33(43)38(4)17-16-37(2)3/h1,7,10-11,14-15,21-23,26-30,39-40H,6,8-9,12-13,16-20H2,2-4H3,(H,35,41)(H,36,42)/t26-,27-,28-,29-,30+/m0/s1. The van der Waals surface area contributed by atoms with Crippen molar-refractivity contribution in [3.05, 3.63) is 52.5 Å². The number of ether oxygens (including phenoxy) is 1. The van der Waals surface area contributed by atoms with Crippen LogP contribution in [0.3, 0.4) is 0 Å². The molecule has 11 nitrogen and oxygen atoms in total. The summed E-state index contributed by atoms with van der Waals surface area (Å²) in [5.74, 6) is 1.21. The molecule has 246 valence electrons. The van der Waals surface area contributed by atoms with Crippen molar-refractivity contribution in [2.75, 3.05) is 34.2 Å². The predicted molar refractivity (Wildman–Crippen MR) is 173 cm³/mol. The van der Waals surface area contributed by atoms with Crippen LogP contribution in [0.4, 0.5) is 4.79 Å². The topological polar surface area (TPSA) is 144 Å². The molecule has 0 spiro atoms. The van der Waals surface area contributed by atoms with Crippen molar-refractivity contribution in [3.8, 4) is 12.3 Å². The highest BCUT2D eigenvalue weighted by atomic mass is 32.1. The summed E-state index contributed by atoms with van der Waals surface area (Å²) in [6.07, 6.45) is 6.45. The van der Waals surface area contributed by atoms with Gasteiger partial charge in [0.1, 0.15) is 18.2 Å². The lowest BCUT2D eigenvalue weighted by molar-refractivity contribution is -0.135. The number of hydrogen-bond acceptors (Lipinski definition) is 9. The molecule has 0 aliphatic heterocycles. The Labute approximate surface area is 270 Å². The van der Waals surface area contributed by atoms with Gasteiger partial charge in [-0.1, -0.05) is 68.4 Å². The molecular weight excluding hydrogens is 594 g/mol. The SMILES string of the molecule is C#C[C@H](O)[C@H](O)[C@H](CC1CCCCC1)NC(=O)[C@H](Cc1cscn1)NC(=O)[C@H](Cc1ccccc1)OC(=O)N(C)CCN(C)C. The van der Waals surface area contributed by atoms with E-state index < -0.39 is 48.3 Å². The van der Waals surface area contributed by atoms with Crippen molar-refractivity contribution in [2.24, 2.45) is 5.92 Å². The van der Waals surface area contributed by atoms with Gasteiger partial charge < -0.3 is 35.4 Å². The lowest BCUT2D eigenvalue weighted by atomic mass is 9.83. The van der Waals surface area contributed by atoms with Crippen molar-refractivity contribution in [1.29, 1.82) is 0 Å². The van der Waals surface area contributed by atoms with Crippen molar-refractivity contribution < 1.29 is 29.3 Å². The highest BCUT2D eigenvalue weighted by molar-refractivity contribution is 7.07. The summed E-state index contributed by atoms with van der Waals surface area (Å²) in [4.78, 5) is 48.2. The van der Waals surface area contributed by atoms with Gasteiger partial charge in [0.25, 0.3) is 5.91 Å². The minimum atomic E-state index is -1.47. The Balaban J connectivity index is 1.82. The summed E-state index contributed by atoms with van der Waals surface area (Å²) in [5, 5.41) is 28.6. The Hall–Kier alpha value is -3.50. The molecule has 1 aliphatic rings. The predicted octanol–water partition coefficient (Wildman–Crippen LogP) is 2.22. The Morgan fingerprint density at radius 1 is 1.04 bits per heavy atom. The van der Waals surface area contributed by atoms with Gasteiger partial charge in [-0.2, -0.15) is 0 Å². The van der Waals surface area contributed by atoms with E-state index in [0.29, 0.717) is 25.2 Å². The van der Waals surface area contributed by atoms with Crippen molar-refractivity contribution in [3.63, 3.8) is 0 Å². The van der Waals surface area contributed by atoms with Gasteiger partial charge in [0.15, 0.2) is 6.10 Å². The van der Waals surface area contributed by atoms with Gasteiger partial charge in [-0.05, 0) is 32.0 Å². The lowest BCUT2D eigenvalue weighted by Crippen LogP contribution is -2.57. The largest absolute Gasteiger partial charge is 0.436 e. The zero-order valence-corrected chi connectivity index (χ0v) is 27.2. The molecule has 1 aromatic heterocycles. The van der Waals surface area contributed by atoms with Gasteiger partial charge in [0, 0.05) is 38.4 Å². The second-order valence-electron chi connectivity index (χ2n) is 12.0. The number of hydrogen-bond donors (Lipinski definition) is 4. The van der Waals surface area contributed by atoms with Crippen molar-refractivity contribution in [2.45, 2.75) is 81.8 Å². The third kappa shape index (κ3) is 12.1. The molecule has 3 rings (SSSR count). The third-order valence-electron chi connectivity index (χ3n) is 8.07. The number of nitrogens with zero attached hydrogens (tertiary/aromatic N) is 3. The Bertz CT molecular complexity index is 1230. The van der Waals surface area contributed by atoms with Crippen LogP contribution in [0, 0.1) is 18.3 Å². The molecule has 1 aliphatic carbocycles. The summed E-state index contributed by atoms with van der Waals surface area (Å²) in [6.45, 7) is 1.01. The lowest BCUT2D eigenvalue weighted by Gasteiger charge is -2.32. The fraction of sp³-hybridized carbons (Fsp3) is 0.576.